The fraction of sp³-hybridized carbons (Fsp3) is 1.00. The maximum Gasteiger partial charge on any atom is 0.162 e. The van der Waals surface area contributed by atoms with Crippen LogP contribution >= 0.6 is 0 Å². The summed E-state index contributed by atoms with van der Waals surface area (Å²) in [7, 11) is -0.577. The maximum atomic E-state index is 5.79. The Morgan fingerprint density at radius 3 is 1.33 bits per heavy atom. The maximum absolute atomic E-state index is 5.79. The summed E-state index contributed by atoms with van der Waals surface area (Å²) in [6.07, 6.45) is 1.31. The molecule has 0 N–H and O–H groups in total. The molecule has 0 saturated carbocycles. The van der Waals surface area contributed by atoms with Gasteiger partial charge in [0.25, 0.3) is 0 Å². The molecule has 0 radical (unpaired) electrons. The number of hydrogen-bond donors (Lipinski definition) is 0. The number of hydrogen-bond acceptors (Lipinski definition) is 2. The first-order chi connectivity index (χ1) is 6.71. The molecule has 0 aromatic rings. The molecule has 0 fully saturated rings. The van der Waals surface area contributed by atoms with Gasteiger partial charge in [-0.05, 0) is 53.6 Å². The lowest BCUT2D eigenvalue weighted by molar-refractivity contribution is 0.136. The smallest absolute Gasteiger partial charge is 0.162 e. The van der Waals surface area contributed by atoms with Gasteiger partial charge in [0, 0.05) is 11.2 Å². The molecule has 15 heavy (non-hydrogen) atoms. The summed E-state index contributed by atoms with van der Waals surface area (Å²) in [5, 5.41) is 0. The van der Waals surface area contributed by atoms with Crippen molar-refractivity contribution in [1.82, 2.24) is 0 Å². The van der Waals surface area contributed by atoms with Gasteiger partial charge in [-0.1, -0.05) is 6.42 Å². The van der Waals surface area contributed by atoms with Crippen LogP contribution in [0.25, 0.3) is 0 Å². The van der Waals surface area contributed by atoms with E-state index in [0.29, 0.717) is 0 Å². The molecule has 0 rings (SSSR count). The van der Waals surface area contributed by atoms with E-state index in [1.54, 1.807) is 0 Å². The normalized spacial score (nSPS) is 14.8. The van der Waals surface area contributed by atoms with E-state index < -0.39 is 0 Å². The lowest BCUT2D eigenvalue weighted by Gasteiger charge is -2.21. The minimum Gasteiger partial charge on any atom is -0.419 e. The molecule has 2 nitrogen and oxygen atoms in total. The monoisotopic (exact) mass is 248 g/mol. The van der Waals surface area contributed by atoms with Crippen molar-refractivity contribution in [3.63, 3.8) is 0 Å². The van der Waals surface area contributed by atoms with E-state index >= 15 is 0 Å². The summed E-state index contributed by atoms with van der Waals surface area (Å²) in [4.78, 5) is 0. The van der Waals surface area contributed by atoms with Gasteiger partial charge in [-0.25, -0.2) is 0 Å². The van der Waals surface area contributed by atoms with Crippen molar-refractivity contribution in [3.8, 4) is 0 Å². The Morgan fingerprint density at radius 2 is 1.07 bits per heavy atom. The predicted octanol–water partition coefficient (Wildman–Crippen LogP) is 2.01. The Labute approximate surface area is 100 Å². The molecule has 0 saturated heterocycles. The highest BCUT2D eigenvalue weighted by atomic mass is 28.2. The minimum atomic E-state index is -0.288. The molecular formula is C11H28O2Si2. The zero-order valence-electron chi connectivity index (χ0n) is 11.4. The van der Waals surface area contributed by atoms with Crippen LogP contribution in [0.5, 0.6) is 0 Å². The largest absolute Gasteiger partial charge is 0.419 e. The summed E-state index contributed by atoms with van der Waals surface area (Å²) in [6, 6.07) is 2.61. The second-order valence-electron chi connectivity index (χ2n) is 5.98. The average molecular weight is 249 g/mol. The second kappa shape index (κ2) is 6.83. The minimum absolute atomic E-state index is 0.0750. The van der Waals surface area contributed by atoms with Crippen molar-refractivity contribution in [1.29, 1.82) is 0 Å². The van der Waals surface area contributed by atoms with Crippen molar-refractivity contribution in [2.45, 2.75) is 71.3 Å². The summed E-state index contributed by atoms with van der Waals surface area (Å²) in [5.74, 6) is 0. The van der Waals surface area contributed by atoms with E-state index in [0.717, 1.165) is 0 Å². The molecule has 0 aliphatic heterocycles. The zero-order valence-corrected chi connectivity index (χ0v) is 14.2. The van der Waals surface area contributed by atoms with Gasteiger partial charge in [0.15, 0.2) is 19.5 Å². The van der Waals surface area contributed by atoms with Gasteiger partial charge < -0.3 is 8.85 Å². The SMILES string of the molecule is CC(C)(C)O[SiH2]CCC[SiH2]OC(C)(C)C. The van der Waals surface area contributed by atoms with Crippen molar-refractivity contribution in [3.05, 3.63) is 0 Å². The Bertz CT molecular complexity index is 141. The van der Waals surface area contributed by atoms with Crippen LogP contribution in [0.1, 0.15) is 48.0 Å². The molecule has 92 valence electrons. The fourth-order valence-electron chi connectivity index (χ4n) is 1.14. The first-order valence-electron chi connectivity index (χ1n) is 5.99. The standard InChI is InChI=1S/C11H28O2Si2/c1-10(2,3)12-14-8-7-9-15-13-11(4,5)6/h7-9,14-15H2,1-6H3. The average Bonchev–Trinajstić information content (AvgIpc) is 1.98. The van der Waals surface area contributed by atoms with E-state index in [1.165, 1.54) is 18.5 Å². The van der Waals surface area contributed by atoms with Crippen molar-refractivity contribution in [2.24, 2.45) is 0 Å². The molecule has 0 bridgehead atoms. The van der Waals surface area contributed by atoms with Gasteiger partial charge in [0.05, 0.1) is 0 Å². The van der Waals surface area contributed by atoms with Crippen LogP contribution in [0.4, 0.5) is 0 Å². The van der Waals surface area contributed by atoms with Gasteiger partial charge in [-0.15, -0.1) is 0 Å². The van der Waals surface area contributed by atoms with Crippen LogP contribution in [0.3, 0.4) is 0 Å². The first-order valence-corrected chi connectivity index (χ1v) is 9.14. The highest BCUT2D eigenvalue weighted by molar-refractivity contribution is 6.29. The highest BCUT2D eigenvalue weighted by Gasteiger charge is 2.10. The topological polar surface area (TPSA) is 18.5 Å². The van der Waals surface area contributed by atoms with E-state index in [2.05, 4.69) is 41.5 Å². The lowest BCUT2D eigenvalue weighted by Crippen LogP contribution is -2.22. The molecular weight excluding hydrogens is 220 g/mol. The molecule has 0 heterocycles. The molecule has 0 aliphatic carbocycles. The van der Waals surface area contributed by atoms with E-state index in [9.17, 15) is 0 Å². The molecule has 0 aromatic heterocycles. The third-order valence-electron chi connectivity index (χ3n) is 1.86. The Balaban J connectivity index is 3.20. The van der Waals surface area contributed by atoms with Gasteiger partial charge in [-0.3, -0.25) is 0 Å². The molecule has 0 aromatic carbocycles. The van der Waals surface area contributed by atoms with Crippen molar-refractivity contribution < 1.29 is 8.85 Å². The molecule has 0 aliphatic rings. The molecule has 4 heteroatoms. The molecule has 0 spiro atoms. The predicted molar refractivity (Wildman–Crippen MR) is 73.0 cm³/mol. The Kier molecular flexibility index (Phi) is 6.99. The summed E-state index contributed by atoms with van der Waals surface area (Å²) < 4.78 is 11.6. The Hall–Kier alpha value is 0.354. The van der Waals surface area contributed by atoms with E-state index in [4.69, 9.17) is 8.85 Å². The Morgan fingerprint density at radius 1 is 0.733 bits per heavy atom. The van der Waals surface area contributed by atoms with Gasteiger partial charge in [-0.2, -0.15) is 0 Å². The van der Waals surface area contributed by atoms with Crippen LogP contribution in [-0.2, 0) is 8.85 Å². The second-order valence-corrected chi connectivity index (χ2v) is 8.79. The number of rotatable bonds is 6. The molecule has 0 amide bonds. The van der Waals surface area contributed by atoms with Crippen molar-refractivity contribution >= 4 is 19.5 Å². The van der Waals surface area contributed by atoms with Crippen LogP contribution in [0, 0.1) is 0 Å². The van der Waals surface area contributed by atoms with E-state index in [-0.39, 0.29) is 30.7 Å². The van der Waals surface area contributed by atoms with Crippen LogP contribution < -0.4 is 0 Å². The van der Waals surface area contributed by atoms with Gasteiger partial charge >= 0.3 is 0 Å². The highest BCUT2D eigenvalue weighted by Crippen LogP contribution is 2.09. The third-order valence-corrected chi connectivity index (χ3v) is 5.58. The van der Waals surface area contributed by atoms with Crippen molar-refractivity contribution in [2.75, 3.05) is 0 Å². The zero-order chi connectivity index (χ0) is 11.9. The van der Waals surface area contributed by atoms with Gasteiger partial charge in [0.1, 0.15) is 0 Å². The summed E-state index contributed by atoms with van der Waals surface area (Å²) in [5.41, 5.74) is 0.150. The third kappa shape index (κ3) is 14.4. The fourth-order valence-corrected chi connectivity index (χ4v) is 4.47. The van der Waals surface area contributed by atoms with Gasteiger partial charge in [0.2, 0.25) is 0 Å². The van der Waals surface area contributed by atoms with Crippen LogP contribution in [0.15, 0.2) is 0 Å². The molecule has 0 atom stereocenters. The summed E-state index contributed by atoms with van der Waals surface area (Å²) >= 11 is 0. The van der Waals surface area contributed by atoms with Crippen LogP contribution in [0.2, 0.25) is 12.1 Å². The summed E-state index contributed by atoms with van der Waals surface area (Å²) in [6.45, 7) is 12.8. The first kappa shape index (κ1) is 15.4. The van der Waals surface area contributed by atoms with E-state index in [1.807, 2.05) is 0 Å². The molecule has 0 unspecified atom stereocenters. The quantitative estimate of drug-likeness (QED) is 0.529. The lowest BCUT2D eigenvalue weighted by atomic mass is 10.2. The van der Waals surface area contributed by atoms with Crippen LogP contribution in [-0.4, -0.2) is 30.7 Å².